The van der Waals surface area contributed by atoms with Gasteiger partial charge in [0.1, 0.15) is 0 Å². The molecule has 0 atom stereocenters. The number of hydrogen-bond donors (Lipinski definition) is 1. The van der Waals surface area contributed by atoms with Gasteiger partial charge in [0.05, 0.1) is 12.2 Å². The van der Waals surface area contributed by atoms with Gasteiger partial charge in [-0.15, -0.1) is 0 Å². The van der Waals surface area contributed by atoms with Gasteiger partial charge < -0.3 is 10.5 Å². The fourth-order valence-corrected chi connectivity index (χ4v) is 2.09. The molecule has 0 aliphatic rings. The van der Waals surface area contributed by atoms with E-state index in [0.29, 0.717) is 17.9 Å². The number of allylic oxidation sites excluding steroid dienone is 1. The first-order valence-electron chi connectivity index (χ1n) is 6.41. The van der Waals surface area contributed by atoms with Crippen molar-refractivity contribution in [3.8, 4) is 0 Å². The van der Waals surface area contributed by atoms with Gasteiger partial charge >= 0.3 is 5.97 Å². The lowest BCUT2D eigenvalue weighted by molar-refractivity contribution is -0.109. The predicted molar refractivity (Wildman–Crippen MR) is 83.6 cm³/mol. The molecule has 20 heavy (non-hydrogen) atoms. The second kappa shape index (κ2) is 8.43. The summed E-state index contributed by atoms with van der Waals surface area (Å²) in [5.74, 6) is 0.346. The van der Waals surface area contributed by atoms with Gasteiger partial charge in [-0.3, -0.25) is 4.79 Å². The zero-order valence-electron chi connectivity index (χ0n) is 11.7. The van der Waals surface area contributed by atoms with Crippen LogP contribution in [-0.2, 0) is 9.53 Å². The maximum atomic E-state index is 11.7. The van der Waals surface area contributed by atoms with Gasteiger partial charge in [-0.2, -0.15) is 0 Å². The zero-order valence-corrected chi connectivity index (χ0v) is 12.5. The van der Waals surface area contributed by atoms with Crippen molar-refractivity contribution in [1.82, 2.24) is 0 Å². The number of esters is 1. The minimum absolute atomic E-state index is 0.121. The third kappa shape index (κ3) is 5.48. The number of carbonyl (C=O) groups is 2. The molecule has 0 unspecified atom stereocenters. The van der Waals surface area contributed by atoms with Crippen LogP contribution in [0.3, 0.4) is 0 Å². The molecule has 4 nitrogen and oxygen atoms in total. The summed E-state index contributed by atoms with van der Waals surface area (Å²) in [7, 11) is 0. The average Bonchev–Trinajstić information content (AvgIpc) is 2.40. The SMILES string of the molecule is CCOC(=O)c1cc(C=CCCSC(C)=O)ccc1N. The van der Waals surface area contributed by atoms with Crippen molar-refractivity contribution < 1.29 is 14.3 Å². The topological polar surface area (TPSA) is 69.4 Å². The molecule has 5 heteroatoms. The summed E-state index contributed by atoms with van der Waals surface area (Å²) in [5.41, 5.74) is 7.44. The molecule has 0 amide bonds. The Morgan fingerprint density at radius 3 is 2.80 bits per heavy atom. The van der Waals surface area contributed by atoms with Crippen molar-refractivity contribution in [2.45, 2.75) is 20.3 Å². The van der Waals surface area contributed by atoms with E-state index in [-0.39, 0.29) is 5.12 Å². The van der Waals surface area contributed by atoms with Gasteiger partial charge in [0.2, 0.25) is 0 Å². The van der Waals surface area contributed by atoms with Crippen LogP contribution in [0.1, 0.15) is 36.2 Å². The summed E-state index contributed by atoms with van der Waals surface area (Å²) >= 11 is 1.30. The quantitative estimate of drug-likeness (QED) is 0.496. The largest absolute Gasteiger partial charge is 0.462 e. The lowest BCUT2D eigenvalue weighted by atomic mass is 10.1. The van der Waals surface area contributed by atoms with E-state index in [2.05, 4.69) is 0 Å². The summed E-state index contributed by atoms with van der Waals surface area (Å²) in [6, 6.07) is 5.24. The number of nitrogens with two attached hydrogens (primary N) is 1. The molecule has 1 rings (SSSR count). The molecule has 2 N–H and O–H groups in total. The number of anilines is 1. The Bertz CT molecular complexity index is 512. The summed E-state index contributed by atoms with van der Waals surface area (Å²) in [6.45, 7) is 3.63. The fraction of sp³-hybridized carbons (Fsp3) is 0.333. The van der Waals surface area contributed by atoms with Crippen molar-refractivity contribution in [1.29, 1.82) is 0 Å². The molecule has 0 bridgehead atoms. The van der Waals surface area contributed by atoms with Gasteiger partial charge in [0.15, 0.2) is 5.12 Å². The van der Waals surface area contributed by atoms with Crippen molar-refractivity contribution in [2.24, 2.45) is 0 Å². The highest BCUT2D eigenvalue weighted by atomic mass is 32.2. The second-order valence-corrected chi connectivity index (χ2v) is 5.37. The lowest BCUT2D eigenvalue weighted by Crippen LogP contribution is -2.08. The van der Waals surface area contributed by atoms with E-state index in [4.69, 9.17) is 10.5 Å². The van der Waals surface area contributed by atoms with E-state index < -0.39 is 5.97 Å². The highest BCUT2D eigenvalue weighted by Crippen LogP contribution is 2.17. The van der Waals surface area contributed by atoms with E-state index in [9.17, 15) is 9.59 Å². The standard InChI is InChI=1S/C15H19NO3S/c1-3-19-15(18)13-10-12(7-8-14(13)16)6-4-5-9-20-11(2)17/h4,6-8,10H,3,5,9,16H2,1-2H3. The van der Waals surface area contributed by atoms with Crippen LogP contribution < -0.4 is 5.73 Å². The molecule has 0 heterocycles. The van der Waals surface area contributed by atoms with Gasteiger partial charge in [0, 0.05) is 18.4 Å². The maximum absolute atomic E-state index is 11.7. The van der Waals surface area contributed by atoms with Crippen LogP contribution in [0.5, 0.6) is 0 Å². The zero-order chi connectivity index (χ0) is 15.0. The molecule has 0 radical (unpaired) electrons. The van der Waals surface area contributed by atoms with Crippen LogP contribution in [0.2, 0.25) is 0 Å². The predicted octanol–water partition coefficient (Wildman–Crippen LogP) is 3.13. The number of nitrogen functional groups attached to an aromatic ring is 1. The lowest BCUT2D eigenvalue weighted by Gasteiger charge is -2.06. The van der Waals surface area contributed by atoms with E-state index in [1.54, 1.807) is 26.0 Å². The third-order valence-electron chi connectivity index (χ3n) is 2.47. The number of ether oxygens (including phenoxy) is 1. The van der Waals surface area contributed by atoms with E-state index in [1.807, 2.05) is 18.2 Å². The Kier molecular flexibility index (Phi) is 6.87. The molecule has 0 saturated carbocycles. The molecule has 0 aliphatic heterocycles. The molecule has 1 aromatic rings. The first-order chi connectivity index (χ1) is 9.54. The number of carbonyl (C=O) groups excluding carboxylic acids is 2. The summed E-state index contributed by atoms with van der Waals surface area (Å²) in [4.78, 5) is 22.5. The molecule has 0 fully saturated rings. The second-order valence-electron chi connectivity index (χ2n) is 4.10. The van der Waals surface area contributed by atoms with Gasteiger partial charge in [-0.05, 0) is 31.0 Å². The Labute approximate surface area is 123 Å². The molecular formula is C15H19NO3S. The summed E-state index contributed by atoms with van der Waals surface area (Å²) in [5, 5.41) is 0.121. The summed E-state index contributed by atoms with van der Waals surface area (Å²) in [6.07, 6.45) is 4.67. The van der Waals surface area contributed by atoms with Crippen molar-refractivity contribution in [2.75, 3.05) is 18.1 Å². The third-order valence-corrected chi connectivity index (χ3v) is 3.32. The Balaban J connectivity index is 2.67. The van der Waals surface area contributed by atoms with E-state index >= 15 is 0 Å². The van der Waals surface area contributed by atoms with Crippen LogP contribution in [0.15, 0.2) is 24.3 Å². The van der Waals surface area contributed by atoms with Crippen LogP contribution in [-0.4, -0.2) is 23.4 Å². The number of hydrogen-bond acceptors (Lipinski definition) is 5. The number of rotatable bonds is 6. The molecule has 1 aromatic carbocycles. The molecule has 0 spiro atoms. The Morgan fingerprint density at radius 1 is 1.40 bits per heavy atom. The first-order valence-corrected chi connectivity index (χ1v) is 7.39. The van der Waals surface area contributed by atoms with Crippen molar-refractivity contribution in [3.63, 3.8) is 0 Å². The minimum Gasteiger partial charge on any atom is -0.462 e. The van der Waals surface area contributed by atoms with Crippen LogP contribution >= 0.6 is 11.8 Å². The van der Waals surface area contributed by atoms with Crippen molar-refractivity contribution in [3.05, 3.63) is 35.4 Å². The van der Waals surface area contributed by atoms with E-state index in [1.165, 1.54) is 11.8 Å². The monoisotopic (exact) mass is 293 g/mol. The smallest absolute Gasteiger partial charge is 0.340 e. The van der Waals surface area contributed by atoms with E-state index in [0.717, 1.165) is 17.7 Å². The molecule has 0 saturated heterocycles. The highest BCUT2D eigenvalue weighted by Gasteiger charge is 2.10. The molecular weight excluding hydrogens is 274 g/mol. The summed E-state index contributed by atoms with van der Waals surface area (Å²) < 4.78 is 4.95. The Morgan fingerprint density at radius 2 is 2.15 bits per heavy atom. The number of thioether (sulfide) groups is 1. The van der Waals surface area contributed by atoms with Gasteiger partial charge in [-0.25, -0.2) is 4.79 Å². The molecule has 0 aliphatic carbocycles. The van der Waals surface area contributed by atoms with Crippen LogP contribution in [0.4, 0.5) is 5.69 Å². The Hall–Kier alpha value is -1.75. The number of benzene rings is 1. The molecule has 0 aromatic heterocycles. The van der Waals surface area contributed by atoms with Crippen molar-refractivity contribution >= 4 is 34.6 Å². The van der Waals surface area contributed by atoms with Crippen LogP contribution in [0.25, 0.3) is 6.08 Å². The van der Waals surface area contributed by atoms with Crippen LogP contribution in [0, 0.1) is 0 Å². The normalized spacial score (nSPS) is 10.7. The highest BCUT2D eigenvalue weighted by molar-refractivity contribution is 8.13. The maximum Gasteiger partial charge on any atom is 0.340 e. The van der Waals surface area contributed by atoms with Gasteiger partial charge in [0.25, 0.3) is 0 Å². The fourth-order valence-electron chi connectivity index (χ4n) is 1.55. The molecule has 108 valence electrons. The van der Waals surface area contributed by atoms with Gasteiger partial charge in [-0.1, -0.05) is 30.0 Å². The first kappa shape index (κ1) is 16.3. The minimum atomic E-state index is -0.410. The average molecular weight is 293 g/mol.